The molecule has 4 nitrogen and oxygen atoms in total. The highest BCUT2D eigenvalue weighted by molar-refractivity contribution is 6.33. The van der Waals surface area contributed by atoms with Crippen molar-refractivity contribution in [3.8, 4) is 5.75 Å². The molecule has 0 saturated heterocycles. The molecule has 1 amide bonds. The Labute approximate surface area is 143 Å². The monoisotopic (exact) mass is 346 g/mol. The molecule has 0 heterocycles. The van der Waals surface area contributed by atoms with Gasteiger partial charge in [-0.05, 0) is 25.3 Å². The Kier molecular flexibility index (Phi) is 9.70. The highest BCUT2D eigenvalue weighted by atomic mass is 35.5. The average Bonchev–Trinajstić information content (AvgIpc) is 2.48. The topological polar surface area (TPSA) is 55.6 Å². The molecule has 1 aromatic rings. The van der Waals surface area contributed by atoms with Crippen LogP contribution in [0.4, 0.5) is 5.69 Å². The lowest BCUT2D eigenvalue weighted by molar-refractivity contribution is 0.0789. The van der Waals surface area contributed by atoms with E-state index in [2.05, 4.69) is 6.58 Å². The summed E-state index contributed by atoms with van der Waals surface area (Å²) in [5.74, 6) is 0.331. The Balaban J connectivity index is 0.00000441. The number of halogens is 2. The molecule has 0 fully saturated rings. The number of hydrogen-bond acceptors (Lipinski definition) is 3. The third-order valence-electron chi connectivity index (χ3n) is 3.30. The van der Waals surface area contributed by atoms with Crippen LogP contribution in [-0.4, -0.2) is 31.5 Å². The molecule has 6 heteroatoms. The van der Waals surface area contributed by atoms with Gasteiger partial charge < -0.3 is 15.4 Å². The van der Waals surface area contributed by atoms with E-state index in [1.807, 2.05) is 6.08 Å². The molecule has 0 aliphatic rings. The predicted octanol–water partition coefficient (Wildman–Crippen LogP) is 4.17. The van der Waals surface area contributed by atoms with Gasteiger partial charge >= 0.3 is 0 Å². The number of hydrogen-bond donors (Lipinski definition) is 1. The minimum Gasteiger partial charge on any atom is -0.496 e. The van der Waals surface area contributed by atoms with Crippen molar-refractivity contribution in [2.24, 2.45) is 0 Å². The number of anilines is 1. The zero-order valence-electron chi connectivity index (χ0n) is 13.1. The fraction of sp³-hybridized carbons (Fsp3) is 0.438. The largest absolute Gasteiger partial charge is 0.496 e. The van der Waals surface area contributed by atoms with E-state index in [1.165, 1.54) is 7.11 Å². The number of unbranched alkanes of at least 4 members (excludes halogenated alkanes) is 3. The number of ether oxygens (including phenoxy) is 1. The van der Waals surface area contributed by atoms with Crippen molar-refractivity contribution in [3.63, 3.8) is 0 Å². The number of methoxy groups -OCH3 is 1. The van der Waals surface area contributed by atoms with Crippen LogP contribution in [0.2, 0.25) is 5.02 Å². The van der Waals surface area contributed by atoms with Gasteiger partial charge in [0.15, 0.2) is 0 Å². The summed E-state index contributed by atoms with van der Waals surface area (Å²) in [6.07, 6.45) is 6.06. The van der Waals surface area contributed by atoms with Gasteiger partial charge in [-0.25, -0.2) is 0 Å². The van der Waals surface area contributed by atoms with Crippen molar-refractivity contribution in [2.45, 2.75) is 25.7 Å². The smallest absolute Gasteiger partial charge is 0.257 e. The first-order valence-electron chi connectivity index (χ1n) is 7.00. The maximum atomic E-state index is 12.4. The zero-order chi connectivity index (χ0) is 15.8. The first-order chi connectivity index (χ1) is 10.0. The van der Waals surface area contributed by atoms with E-state index in [4.69, 9.17) is 22.1 Å². The van der Waals surface area contributed by atoms with Crippen LogP contribution in [0.25, 0.3) is 0 Å². The van der Waals surface area contributed by atoms with E-state index in [0.717, 1.165) is 25.7 Å². The summed E-state index contributed by atoms with van der Waals surface area (Å²) in [6.45, 7) is 4.39. The van der Waals surface area contributed by atoms with Gasteiger partial charge in [0.05, 0.1) is 23.4 Å². The van der Waals surface area contributed by atoms with Gasteiger partial charge in [0, 0.05) is 19.7 Å². The van der Waals surface area contributed by atoms with E-state index in [-0.39, 0.29) is 18.3 Å². The molecule has 0 radical (unpaired) electrons. The summed E-state index contributed by atoms with van der Waals surface area (Å²) in [7, 11) is 3.29. The Hall–Kier alpha value is -1.39. The molecule has 1 aromatic carbocycles. The van der Waals surface area contributed by atoms with Crippen molar-refractivity contribution >= 4 is 35.6 Å². The maximum absolute atomic E-state index is 12.4. The third kappa shape index (κ3) is 5.78. The molecular formula is C16H24Cl2N2O2. The van der Waals surface area contributed by atoms with Crippen molar-refractivity contribution in [1.82, 2.24) is 4.90 Å². The molecule has 1 rings (SSSR count). The van der Waals surface area contributed by atoms with Crippen molar-refractivity contribution in [3.05, 3.63) is 35.4 Å². The SMILES string of the molecule is C=CCCCCCN(C)C(=O)c1cc(Cl)c(N)cc1OC.Cl. The van der Waals surface area contributed by atoms with Gasteiger partial charge in [0.25, 0.3) is 5.91 Å². The molecule has 124 valence electrons. The lowest BCUT2D eigenvalue weighted by Crippen LogP contribution is -2.28. The highest BCUT2D eigenvalue weighted by Gasteiger charge is 2.18. The summed E-state index contributed by atoms with van der Waals surface area (Å²) in [6, 6.07) is 3.14. The molecule has 0 aromatic heterocycles. The van der Waals surface area contributed by atoms with Crippen LogP contribution < -0.4 is 10.5 Å². The number of rotatable bonds is 8. The zero-order valence-corrected chi connectivity index (χ0v) is 14.7. The van der Waals surface area contributed by atoms with Crippen molar-refractivity contribution < 1.29 is 9.53 Å². The summed E-state index contributed by atoms with van der Waals surface area (Å²) >= 11 is 5.99. The van der Waals surface area contributed by atoms with Crippen molar-refractivity contribution in [1.29, 1.82) is 0 Å². The van der Waals surface area contributed by atoms with Gasteiger partial charge in [-0.1, -0.05) is 24.1 Å². The molecule has 0 aliphatic carbocycles. The lowest BCUT2D eigenvalue weighted by atomic mass is 10.1. The Morgan fingerprint density at radius 3 is 2.68 bits per heavy atom. The summed E-state index contributed by atoms with van der Waals surface area (Å²) in [4.78, 5) is 14.1. The molecule has 0 saturated carbocycles. The fourth-order valence-corrected chi connectivity index (χ4v) is 2.19. The Morgan fingerprint density at radius 1 is 1.41 bits per heavy atom. The summed E-state index contributed by atoms with van der Waals surface area (Å²) < 4.78 is 5.21. The van der Waals surface area contributed by atoms with Gasteiger partial charge in [-0.15, -0.1) is 19.0 Å². The standard InChI is InChI=1S/C16H23ClN2O2.ClH/c1-4-5-6-7-8-9-19(2)16(20)12-10-13(17)14(18)11-15(12)21-3;/h4,10-11H,1,5-9,18H2,2-3H3;1H. The number of nitrogens with zero attached hydrogens (tertiary/aromatic N) is 1. The molecule has 0 aliphatic heterocycles. The minimum absolute atomic E-state index is 0. The van der Waals surface area contributed by atoms with E-state index < -0.39 is 0 Å². The third-order valence-corrected chi connectivity index (χ3v) is 3.63. The lowest BCUT2D eigenvalue weighted by Gasteiger charge is -2.19. The number of nitrogens with two attached hydrogens (primary N) is 1. The van der Waals surface area contributed by atoms with Gasteiger partial charge in [-0.2, -0.15) is 0 Å². The van der Waals surface area contributed by atoms with Gasteiger partial charge in [0.1, 0.15) is 5.75 Å². The normalized spacial score (nSPS) is 9.77. The van der Waals surface area contributed by atoms with Crippen LogP contribution in [0.3, 0.4) is 0 Å². The van der Waals surface area contributed by atoms with E-state index >= 15 is 0 Å². The minimum atomic E-state index is -0.113. The van der Waals surface area contributed by atoms with Crippen LogP contribution in [-0.2, 0) is 0 Å². The van der Waals surface area contributed by atoms with E-state index in [1.54, 1.807) is 24.1 Å². The van der Waals surface area contributed by atoms with Crippen LogP contribution in [0.5, 0.6) is 5.75 Å². The number of amides is 1. The van der Waals surface area contributed by atoms with Crippen molar-refractivity contribution in [2.75, 3.05) is 26.4 Å². The predicted molar refractivity (Wildman–Crippen MR) is 95.3 cm³/mol. The second-order valence-electron chi connectivity index (χ2n) is 4.94. The molecule has 0 bridgehead atoms. The van der Waals surface area contributed by atoms with Crippen LogP contribution >= 0.6 is 24.0 Å². The molecule has 22 heavy (non-hydrogen) atoms. The summed E-state index contributed by atoms with van der Waals surface area (Å²) in [5, 5.41) is 0.360. The Bertz CT molecular complexity index is 507. The molecule has 0 atom stereocenters. The molecule has 0 unspecified atom stereocenters. The highest BCUT2D eigenvalue weighted by Crippen LogP contribution is 2.29. The first kappa shape index (κ1) is 20.6. The first-order valence-corrected chi connectivity index (χ1v) is 7.38. The number of nitrogen functional groups attached to an aromatic ring is 1. The maximum Gasteiger partial charge on any atom is 0.257 e. The second-order valence-corrected chi connectivity index (χ2v) is 5.35. The average molecular weight is 347 g/mol. The molecular weight excluding hydrogens is 323 g/mol. The summed E-state index contributed by atoms with van der Waals surface area (Å²) in [5.41, 5.74) is 6.56. The van der Waals surface area contributed by atoms with Crippen LogP contribution in [0.15, 0.2) is 24.8 Å². The quantitative estimate of drug-likeness (QED) is 0.436. The van der Waals surface area contributed by atoms with Gasteiger partial charge in [-0.3, -0.25) is 4.79 Å². The van der Waals surface area contributed by atoms with E-state index in [9.17, 15) is 4.79 Å². The molecule has 2 N–H and O–H groups in total. The second kappa shape index (κ2) is 10.4. The molecule has 0 spiro atoms. The van der Waals surface area contributed by atoms with Gasteiger partial charge in [0.2, 0.25) is 0 Å². The fourth-order valence-electron chi connectivity index (χ4n) is 2.03. The number of carbonyl (C=O) groups is 1. The number of benzene rings is 1. The number of carbonyl (C=O) groups excluding carboxylic acids is 1. The van der Waals surface area contributed by atoms with E-state index in [0.29, 0.717) is 28.6 Å². The Morgan fingerprint density at radius 2 is 2.09 bits per heavy atom. The van der Waals surface area contributed by atoms with Crippen LogP contribution in [0.1, 0.15) is 36.0 Å². The number of allylic oxidation sites excluding steroid dienone is 1. The van der Waals surface area contributed by atoms with Crippen LogP contribution in [0, 0.1) is 0 Å².